The van der Waals surface area contributed by atoms with Crippen LogP contribution in [-0.4, -0.2) is 32.2 Å². The van der Waals surface area contributed by atoms with E-state index < -0.39 is 0 Å². The minimum absolute atomic E-state index is 0.0166. The summed E-state index contributed by atoms with van der Waals surface area (Å²) in [5, 5.41) is 9.30. The van der Waals surface area contributed by atoms with Gasteiger partial charge >= 0.3 is 0 Å². The molecule has 0 heterocycles. The second-order valence-electron chi connectivity index (χ2n) is 5.80. The highest BCUT2D eigenvalue weighted by molar-refractivity contribution is 5.91. The summed E-state index contributed by atoms with van der Waals surface area (Å²) in [5.41, 5.74) is 1.94. The Hall–Kier alpha value is -3.21. The third kappa shape index (κ3) is 7.58. The first kappa shape index (κ1) is 22.8. The zero-order valence-electron chi connectivity index (χ0n) is 17.1. The standard InChI is InChI=1S/C12H16O2.C11H12O3/c1-4-5-6-10-7-8-11(13-2)12(9-10)14-3;1-8(12)3-4-9-5-6-10(13)11(7-9)14-2/h5-9H,4H2,1-3H3;3-7,13H,1-2H3/b6-5+;. The summed E-state index contributed by atoms with van der Waals surface area (Å²) in [4.78, 5) is 10.7. The molecule has 0 aliphatic rings. The fourth-order valence-electron chi connectivity index (χ4n) is 2.22. The Bertz CT molecular complexity index is 822. The van der Waals surface area contributed by atoms with Gasteiger partial charge in [0.1, 0.15) is 0 Å². The average molecular weight is 384 g/mol. The lowest BCUT2D eigenvalue weighted by molar-refractivity contribution is -0.112. The van der Waals surface area contributed by atoms with E-state index in [-0.39, 0.29) is 11.5 Å². The zero-order chi connectivity index (χ0) is 20.9. The van der Waals surface area contributed by atoms with E-state index in [4.69, 9.17) is 14.2 Å². The summed E-state index contributed by atoms with van der Waals surface area (Å²) >= 11 is 0. The van der Waals surface area contributed by atoms with Crippen LogP contribution in [0.25, 0.3) is 12.2 Å². The van der Waals surface area contributed by atoms with Crippen molar-refractivity contribution in [2.75, 3.05) is 21.3 Å². The highest BCUT2D eigenvalue weighted by atomic mass is 16.5. The molecule has 1 N–H and O–H groups in total. The molecule has 0 unspecified atom stereocenters. The second kappa shape index (κ2) is 12.2. The van der Waals surface area contributed by atoms with Crippen molar-refractivity contribution in [2.24, 2.45) is 0 Å². The number of phenols is 1. The highest BCUT2D eigenvalue weighted by Crippen LogP contribution is 2.28. The first-order valence-electron chi connectivity index (χ1n) is 8.89. The molecular formula is C23H28O5. The van der Waals surface area contributed by atoms with Crippen LogP contribution >= 0.6 is 0 Å². The van der Waals surface area contributed by atoms with Crippen LogP contribution in [0.3, 0.4) is 0 Å². The summed E-state index contributed by atoms with van der Waals surface area (Å²) in [5.74, 6) is 2.01. The average Bonchev–Trinajstić information content (AvgIpc) is 2.71. The molecule has 0 atom stereocenters. The molecule has 0 aromatic heterocycles. The minimum atomic E-state index is -0.0166. The maximum Gasteiger partial charge on any atom is 0.161 e. The molecule has 0 amide bonds. The number of carbonyl (C=O) groups excluding carboxylic acids is 1. The van der Waals surface area contributed by atoms with Gasteiger partial charge < -0.3 is 19.3 Å². The molecule has 2 rings (SSSR count). The van der Waals surface area contributed by atoms with E-state index in [2.05, 4.69) is 19.1 Å². The Labute approximate surface area is 166 Å². The molecule has 0 saturated heterocycles. The molecule has 0 saturated carbocycles. The number of methoxy groups -OCH3 is 3. The molecule has 0 aliphatic carbocycles. The largest absolute Gasteiger partial charge is 0.504 e. The smallest absolute Gasteiger partial charge is 0.161 e. The maximum absolute atomic E-state index is 10.7. The van der Waals surface area contributed by atoms with Gasteiger partial charge in [-0.25, -0.2) is 0 Å². The number of ketones is 1. The van der Waals surface area contributed by atoms with Gasteiger partial charge in [-0.2, -0.15) is 0 Å². The third-order valence-electron chi connectivity index (χ3n) is 3.67. The quantitative estimate of drug-likeness (QED) is 0.671. The van der Waals surface area contributed by atoms with E-state index >= 15 is 0 Å². The lowest BCUT2D eigenvalue weighted by Gasteiger charge is -2.07. The van der Waals surface area contributed by atoms with Gasteiger partial charge in [-0.05, 0) is 54.8 Å². The molecule has 2 aromatic carbocycles. The zero-order valence-corrected chi connectivity index (χ0v) is 17.1. The molecule has 0 bridgehead atoms. The van der Waals surface area contributed by atoms with Gasteiger partial charge in [-0.3, -0.25) is 4.79 Å². The van der Waals surface area contributed by atoms with Crippen LogP contribution in [0.2, 0.25) is 0 Å². The number of hydrogen-bond acceptors (Lipinski definition) is 5. The van der Waals surface area contributed by atoms with Gasteiger partial charge in [0, 0.05) is 0 Å². The molecule has 0 spiro atoms. The number of aromatic hydroxyl groups is 1. The van der Waals surface area contributed by atoms with Crippen molar-refractivity contribution in [1.29, 1.82) is 0 Å². The van der Waals surface area contributed by atoms with Crippen molar-refractivity contribution >= 4 is 17.9 Å². The molecular weight excluding hydrogens is 356 g/mol. The van der Waals surface area contributed by atoms with E-state index in [1.54, 1.807) is 32.4 Å². The Balaban J connectivity index is 0.000000280. The summed E-state index contributed by atoms with van der Waals surface area (Å²) in [7, 11) is 4.76. The topological polar surface area (TPSA) is 65.0 Å². The van der Waals surface area contributed by atoms with Crippen LogP contribution in [0, 0.1) is 0 Å². The Kier molecular flexibility index (Phi) is 9.97. The maximum atomic E-state index is 10.7. The lowest BCUT2D eigenvalue weighted by atomic mass is 10.2. The summed E-state index contributed by atoms with van der Waals surface area (Å²) in [6.45, 7) is 3.59. The molecule has 28 heavy (non-hydrogen) atoms. The molecule has 0 radical (unpaired) electrons. The van der Waals surface area contributed by atoms with E-state index in [0.717, 1.165) is 29.0 Å². The van der Waals surface area contributed by atoms with Gasteiger partial charge in [0.15, 0.2) is 28.8 Å². The van der Waals surface area contributed by atoms with E-state index in [1.165, 1.54) is 26.2 Å². The number of benzene rings is 2. The Morgan fingerprint density at radius 2 is 1.46 bits per heavy atom. The Morgan fingerprint density at radius 1 is 0.893 bits per heavy atom. The van der Waals surface area contributed by atoms with Crippen molar-refractivity contribution in [3.05, 3.63) is 59.7 Å². The number of hydrogen-bond donors (Lipinski definition) is 1. The van der Waals surface area contributed by atoms with Gasteiger partial charge in [-0.1, -0.05) is 37.3 Å². The third-order valence-corrected chi connectivity index (χ3v) is 3.67. The van der Waals surface area contributed by atoms with Crippen molar-refractivity contribution in [3.63, 3.8) is 0 Å². The van der Waals surface area contributed by atoms with E-state index in [9.17, 15) is 9.90 Å². The molecule has 5 heteroatoms. The molecule has 5 nitrogen and oxygen atoms in total. The number of phenolic OH excluding ortho intramolecular Hbond substituents is 1. The first-order valence-corrected chi connectivity index (χ1v) is 8.89. The monoisotopic (exact) mass is 384 g/mol. The van der Waals surface area contributed by atoms with E-state index in [1.807, 2.05) is 18.2 Å². The van der Waals surface area contributed by atoms with E-state index in [0.29, 0.717) is 5.75 Å². The SMILES string of the molecule is CC/C=C/c1ccc(OC)c(OC)c1.COc1cc(C=CC(C)=O)ccc1O. The second-order valence-corrected chi connectivity index (χ2v) is 5.80. The molecule has 2 aromatic rings. The summed E-state index contributed by atoms with van der Waals surface area (Å²) in [6.07, 6.45) is 8.35. The fourth-order valence-corrected chi connectivity index (χ4v) is 2.22. The number of ether oxygens (including phenoxy) is 3. The van der Waals surface area contributed by atoms with Crippen molar-refractivity contribution in [3.8, 4) is 23.0 Å². The van der Waals surface area contributed by atoms with Crippen molar-refractivity contribution in [2.45, 2.75) is 20.3 Å². The number of allylic oxidation sites excluding steroid dienone is 2. The minimum Gasteiger partial charge on any atom is -0.504 e. The van der Waals surface area contributed by atoms with Crippen LogP contribution in [0.5, 0.6) is 23.0 Å². The van der Waals surface area contributed by atoms with Crippen LogP contribution in [0.15, 0.2) is 48.6 Å². The lowest BCUT2D eigenvalue weighted by Crippen LogP contribution is -1.90. The van der Waals surface area contributed by atoms with Crippen molar-refractivity contribution < 1.29 is 24.1 Å². The van der Waals surface area contributed by atoms with Crippen molar-refractivity contribution in [1.82, 2.24) is 0 Å². The van der Waals surface area contributed by atoms with Crippen LogP contribution < -0.4 is 14.2 Å². The summed E-state index contributed by atoms with van der Waals surface area (Å²) in [6, 6.07) is 10.8. The summed E-state index contributed by atoms with van der Waals surface area (Å²) < 4.78 is 15.3. The van der Waals surface area contributed by atoms with Gasteiger partial charge in [0.25, 0.3) is 0 Å². The molecule has 150 valence electrons. The molecule has 0 aliphatic heterocycles. The fraction of sp³-hybridized carbons (Fsp3) is 0.261. The first-order chi connectivity index (χ1) is 13.4. The van der Waals surface area contributed by atoms with Gasteiger partial charge in [-0.15, -0.1) is 0 Å². The number of carbonyl (C=O) groups is 1. The highest BCUT2D eigenvalue weighted by Gasteiger charge is 2.02. The van der Waals surface area contributed by atoms with Crippen LogP contribution in [0.1, 0.15) is 31.4 Å². The van der Waals surface area contributed by atoms with Gasteiger partial charge in [0.05, 0.1) is 21.3 Å². The predicted octanol–water partition coefficient (Wildman–Crippen LogP) is 5.13. The van der Waals surface area contributed by atoms with Crippen LogP contribution in [-0.2, 0) is 4.79 Å². The predicted molar refractivity (Wildman–Crippen MR) is 113 cm³/mol. The normalized spacial score (nSPS) is 10.5. The van der Waals surface area contributed by atoms with Gasteiger partial charge in [0.2, 0.25) is 0 Å². The Morgan fingerprint density at radius 3 is 2.04 bits per heavy atom. The number of rotatable bonds is 7. The van der Waals surface area contributed by atoms with Crippen LogP contribution in [0.4, 0.5) is 0 Å². The molecule has 0 fully saturated rings.